The van der Waals surface area contributed by atoms with E-state index in [2.05, 4.69) is 38.1 Å². The number of anilines is 2. The molecule has 24 heavy (non-hydrogen) atoms. The predicted octanol–water partition coefficient (Wildman–Crippen LogP) is 3.71. The molecule has 2 aromatic carbocycles. The molecule has 1 amide bonds. The first-order valence-electron chi connectivity index (χ1n) is 8.51. The number of unbranched alkanes of at least 4 members (excludes halogenated alkanes) is 1. The molecule has 1 unspecified atom stereocenters. The zero-order valence-electron chi connectivity index (χ0n) is 14.3. The Morgan fingerprint density at radius 1 is 1.17 bits per heavy atom. The van der Waals surface area contributed by atoms with Crippen LogP contribution >= 0.6 is 0 Å². The second-order valence-electron chi connectivity index (χ2n) is 6.37. The van der Waals surface area contributed by atoms with Crippen molar-refractivity contribution in [3.63, 3.8) is 0 Å². The molecule has 2 N–H and O–H groups in total. The largest absolute Gasteiger partial charge is 0.478 e. The summed E-state index contributed by atoms with van der Waals surface area (Å²) in [5.74, 6) is 0.749. The van der Waals surface area contributed by atoms with Gasteiger partial charge in [0.15, 0.2) is 6.10 Å². The summed E-state index contributed by atoms with van der Waals surface area (Å²) >= 11 is 0. The topological polar surface area (TPSA) is 55.6 Å². The number of carbonyl (C=O) groups excluding carboxylic acids is 1. The van der Waals surface area contributed by atoms with Gasteiger partial charge in [-0.1, -0.05) is 43.2 Å². The number of rotatable bonds is 5. The van der Waals surface area contributed by atoms with E-state index in [4.69, 9.17) is 10.5 Å². The van der Waals surface area contributed by atoms with Crippen LogP contribution in [0.1, 0.15) is 30.9 Å². The van der Waals surface area contributed by atoms with Crippen LogP contribution in [0.5, 0.6) is 5.75 Å². The van der Waals surface area contributed by atoms with Crippen LogP contribution in [0, 0.1) is 6.92 Å². The average Bonchev–Trinajstić information content (AvgIpc) is 2.57. The van der Waals surface area contributed by atoms with Gasteiger partial charge in [-0.15, -0.1) is 0 Å². The summed E-state index contributed by atoms with van der Waals surface area (Å²) < 4.78 is 6.00. The standard InChI is InChI=1S/C20H24N2O2/c1-3-4-11-22-17-13-16(21)9-10-18(17)24-19(20(22)23)12-15-7-5-14(2)6-8-15/h5-10,13,19H,3-4,11-12,21H2,1-2H3. The highest BCUT2D eigenvalue weighted by molar-refractivity contribution is 6.00. The number of hydrogen-bond acceptors (Lipinski definition) is 3. The predicted molar refractivity (Wildman–Crippen MR) is 97.4 cm³/mol. The smallest absolute Gasteiger partial charge is 0.268 e. The number of amides is 1. The van der Waals surface area contributed by atoms with Gasteiger partial charge in [0, 0.05) is 18.7 Å². The molecule has 1 aliphatic heterocycles. The van der Waals surface area contributed by atoms with Crippen LogP contribution in [0.4, 0.5) is 11.4 Å². The number of carbonyl (C=O) groups is 1. The maximum Gasteiger partial charge on any atom is 0.268 e. The third kappa shape index (κ3) is 3.37. The first-order valence-corrected chi connectivity index (χ1v) is 8.51. The van der Waals surface area contributed by atoms with Gasteiger partial charge in [-0.25, -0.2) is 0 Å². The monoisotopic (exact) mass is 324 g/mol. The zero-order valence-corrected chi connectivity index (χ0v) is 14.3. The van der Waals surface area contributed by atoms with Gasteiger partial charge in [0.1, 0.15) is 5.75 Å². The van der Waals surface area contributed by atoms with E-state index in [0.717, 1.165) is 29.8 Å². The minimum absolute atomic E-state index is 0.0159. The number of nitrogen functional groups attached to an aromatic ring is 1. The highest BCUT2D eigenvalue weighted by Gasteiger charge is 2.34. The van der Waals surface area contributed by atoms with Gasteiger partial charge < -0.3 is 15.4 Å². The number of hydrogen-bond donors (Lipinski definition) is 1. The Morgan fingerprint density at radius 2 is 1.92 bits per heavy atom. The van der Waals surface area contributed by atoms with E-state index in [-0.39, 0.29) is 5.91 Å². The van der Waals surface area contributed by atoms with E-state index in [1.54, 1.807) is 0 Å². The lowest BCUT2D eigenvalue weighted by molar-refractivity contribution is -0.126. The van der Waals surface area contributed by atoms with Crippen LogP contribution in [0.25, 0.3) is 0 Å². The second kappa shape index (κ2) is 6.95. The number of ether oxygens (including phenoxy) is 1. The lowest BCUT2D eigenvalue weighted by Crippen LogP contribution is -2.47. The minimum Gasteiger partial charge on any atom is -0.478 e. The van der Waals surface area contributed by atoms with E-state index in [1.165, 1.54) is 5.56 Å². The SMILES string of the molecule is CCCCN1C(=O)C(Cc2ccc(C)cc2)Oc2ccc(N)cc21. The molecule has 0 bridgehead atoms. The quantitative estimate of drug-likeness (QED) is 0.853. The number of fused-ring (bicyclic) bond motifs is 1. The summed E-state index contributed by atoms with van der Waals surface area (Å²) in [4.78, 5) is 14.8. The van der Waals surface area contributed by atoms with Crippen molar-refractivity contribution in [2.24, 2.45) is 0 Å². The van der Waals surface area contributed by atoms with Crippen molar-refractivity contribution < 1.29 is 9.53 Å². The van der Waals surface area contributed by atoms with Crippen molar-refractivity contribution >= 4 is 17.3 Å². The number of aryl methyl sites for hydroxylation is 1. The number of benzene rings is 2. The normalized spacial score (nSPS) is 16.7. The maximum absolute atomic E-state index is 12.9. The molecule has 4 nitrogen and oxygen atoms in total. The van der Waals surface area contributed by atoms with Crippen molar-refractivity contribution in [2.45, 2.75) is 39.2 Å². The molecule has 0 saturated carbocycles. The third-order valence-corrected chi connectivity index (χ3v) is 4.36. The summed E-state index contributed by atoms with van der Waals surface area (Å²) in [5, 5.41) is 0. The molecule has 3 rings (SSSR count). The van der Waals surface area contributed by atoms with Gasteiger partial charge in [0.05, 0.1) is 5.69 Å². The molecular formula is C20H24N2O2. The third-order valence-electron chi connectivity index (χ3n) is 4.36. The van der Waals surface area contributed by atoms with Gasteiger partial charge in [-0.05, 0) is 37.1 Å². The van der Waals surface area contributed by atoms with Gasteiger partial charge in [0.2, 0.25) is 0 Å². The Labute approximate surface area is 143 Å². The Morgan fingerprint density at radius 3 is 2.62 bits per heavy atom. The molecule has 1 aliphatic rings. The lowest BCUT2D eigenvalue weighted by atomic mass is 10.0. The van der Waals surface area contributed by atoms with Gasteiger partial charge >= 0.3 is 0 Å². The Balaban J connectivity index is 1.88. The fourth-order valence-electron chi connectivity index (χ4n) is 2.96. The van der Waals surface area contributed by atoms with E-state index in [9.17, 15) is 4.79 Å². The van der Waals surface area contributed by atoms with Crippen LogP contribution < -0.4 is 15.4 Å². The van der Waals surface area contributed by atoms with Crippen molar-refractivity contribution in [3.8, 4) is 5.75 Å². The highest BCUT2D eigenvalue weighted by Crippen LogP contribution is 2.36. The Hall–Kier alpha value is -2.49. The highest BCUT2D eigenvalue weighted by atomic mass is 16.5. The van der Waals surface area contributed by atoms with E-state index in [1.807, 2.05) is 23.1 Å². The van der Waals surface area contributed by atoms with Gasteiger partial charge in [0.25, 0.3) is 5.91 Å². The van der Waals surface area contributed by atoms with Crippen molar-refractivity contribution in [1.29, 1.82) is 0 Å². The summed E-state index contributed by atoms with van der Waals surface area (Å²) in [7, 11) is 0. The zero-order chi connectivity index (χ0) is 17.1. The molecule has 0 radical (unpaired) electrons. The van der Waals surface area contributed by atoms with Crippen molar-refractivity contribution in [3.05, 3.63) is 53.6 Å². The Bertz CT molecular complexity index is 725. The van der Waals surface area contributed by atoms with E-state index >= 15 is 0 Å². The number of nitrogens with zero attached hydrogens (tertiary/aromatic N) is 1. The summed E-state index contributed by atoms with van der Waals surface area (Å²) in [5.41, 5.74) is 9.64. The summed E-state index contributed by atoms with van der Waals surface area (Å²) in [6, 6.07) is 13.7. The summed E-state index contributed by atoms with van der Waals surface area (Å²) in [6.45, 7) is 4.87. The molecule has 0 aromatic heterocycles. The van der Waals surface area contributed by atoms with Crippen molar-refractivity contribution in [2.75, 3.05) is 17.2 Å². The minimum atomic E-state index is -0.485. The first kappa shape index (κ1) is 16.4. The molecule has 1 atom stereocenters. The van der Waals surface area contributed by atoms with E-state index < -0.39 is 6.10 Å². The fourth-order valence-corrected chi connectivity index (χ4v) is 2.96. The molecule has 2 aromatic rings. The average molecular weight is 324 g/mol. The molecule has 4 heteroatoms. The van der Waals surface area contributed by atoms with Crippen LogP contribution in [-0.4, -0.2) is 18.6 Å². The molecule has 0 aliphatic carbocycles. The molecule has 1 heterocycles. The molecular weight excluding hydrogens is 300 g/mol. The molecule has 0 saturated heterocycles. The van der Waals surface area contributed by atoms with E-state index in [0.29, 0.717) is 18.7 Å². The maximum atomic E-state index is 12.9. The van der Waals surface area contributed by atoms with Gasteiger partial charge in [-0.3, -0.25) is 4.79 Å². The van der Waals surface area contributed by atoms with Crippen LogP contribution in [0.3, 0.4) is 0 Å². The van der Waals surface area contributed by atoms with Crippen molar-refractivity contribution in [1.82, 2.24) is 0 Å². The fraction of sp³-hybridized carbons (Fsp3) is 0.350. The second-order valence-corrected chi connectivity index (χ2v) is 6.37. The number of nitrogens with two attached hydrogens (primary N) is 1. The first-order chi connectivity index (χ1) is 11.6. The van der Waals surface area contributed by atoms with Crippen LogP contribution in [0.2, 0.25) is 0 Å². The van der Waals surface area contributed by atoms with Crippen LogP contribution in [0.15, 0.2) is 42.5 Å². The van der Waals surface area contributed by atoms with Crippen LogP contribution in [-0.2, 0) is 11.2 Å². The lowest BCUT2D eigenvalue weighted by Gasteiger charge is -2.34. The molecule has 0 spiro atoms. The Kier molecular flexibility index (Phi) is 4.74. The molecule has 126 valence electrons. The van der Waals surface area contributed by atoms with Gasteiger partial charge in [-0.2, -0.15) is 0 Å². The summed E-state index contributed by atoms with van der Waals surface area (Å²) in [6.07, 6.45) is 2.08. The molecule has 0 fully saturated rings.